The summed E-state index contributed by atoms with van der Waals surface area (Å²) in [6.45, 7) is 1.82. The molecule has 3 nitrogen and oxygen atoms in total. The highest BCUT2D eigenvalue weighted by Crippen LogP contribution is 2.50. The number of rotatable bonds is 4. The Kier molecular flexibility index (Phi) is 3.79. The zero-order chi connectivity index (χ0) is 14.0. The second-order valence-electron chi connectivity index (χ2n) is 6.19. The standard InChI is InChI=1S/C17H24N2O/c1-18-12-6-9-16(20)19-13-17(10-4-5-11-17)14-7-2-3-8-15(14)19/h2-3,7-8,18H,4-6,9-13H2,1H3. The lowest BCUT2D eigenvalue weighted by atomic mass is 9.81. The highest BCUT2D eigenvalue weighted by Gasteiger charge is 2.45. The van der Waals surface area contributed by atoms with E-state index >= 15 is 0 Å². The fourth-order valence-corrected chi connectivity index (χ4v) is 3.88. The third-order valence-corrected chi connectivity index (χ3v) is 4.91. The first-order chi connectivity index (χ1) is 9.77. The first-order valence-corrected chi connectivity index (χ1v) is 7.81. The van der Waals surface area contributed by atoms with Crippen molar-refractivity contribution < 1.29 is 4.79 Å². The molecule has 20 heavy (non-hydrogen) atoms. The maximum atomic E-state index is 12.5. The van der Waals surface area contributed by atoms with E-state index in [0.717, 1.165) is 19.5 Å². The Hall–Kier alpha value is -1.35. The Morgan fingerprint density at radius 3 is 2.80 bits per heavy atom. The van der Waals surface area contributed by atoms with Gasteiger partial charge in [0.2, 0.25) is 5.91 Å². The Morgan fingerprint density at radius 1 is 1.30 bits per heavy atom. The van der Waals surface area contributed by atoms with Crippen LogP contribution in [0.15, 0.2) is 24.3 Å². The van der Waals surface area contributed by atoms with Gasteiger partial charge in [-0.3, -0.25) is 4.79 Å². The van der Waals surface area contributed by atoms with E-state index in [2.05, 4.69) is 34.5 Å². The van der Waals surface area contributed by atoms with Crippen LogP contribution >= 0.6 is 0 Å². The Bertz CT molecular complexity index is 492. The minimum absolute atomic E-state index is 0.259. The van der Waals surface area contributed by atoms with E-state index in [4.69, 9.17) is 0 Å². The average molecular weight is 272 g/mol. The molecule has 0 saturated heterocycles. The average Bonchev–Trinajstić information content (AvgIpc) is 3.07. The maximum absolute atomic E-state index is 12.5. The van der Waals surface area contributed by atoms with Gasteiger partial charge in [-0.15, -0.1) is 0 Å². The molecule has 108 valence electrons. The minimum Gasteiger partial charge on any atom is -0.320 e. The molecule has 1 N–H and O–H groups in total. The van der Waals surface area contributed by atoms with E-state index in [1.807, 2.05) is 7.05 Å². The predicted octanol–water partition coefficient (Wildman–Crippen LogP) is 2.84. The van der Waals surface area contributed by atoms with Crippen LogP contribution in [0.3, 0.4) is 0 Å². The van der Waals surface area contributed by atoms with E-state index in [9.17, 15) is 4.79 Å². The molecule has 1 saturated carbocycles. The number of nitrogens with one attached hydrogen (secondary N) is 1. The van der Waals surface area contributed by atoms with Crippen LogP contribution < -0.4 is 10.2 Å². The normalized spacial score (nSPS) is 19.6. The van der Waals surface area contributed by atoms with Gasteiger partial charge in [0.15, 0.2) is 0 Å². The third-order valence-electron chi connectivity index (χ3n) is 4.91. The number of nitrogens with zero attached hydrogens (tertiary/aromatic N) is 1. The fourth-order valence-electron chi connectivity index (χ4n) is 3.88. The molecule has 3 heteroatoms. The molecule has 0 atom stereocenters. The van der Waals surface area contributed by atoms with Gasteiger partial charge in [-0.05, 0) is 44.5 Å². The summed E-state index contributed by atoms with van der Waals surface area (Å²) in [5.41, 5.74) is 2.85. The van der Waals surface area contributed by atoms with Crippen molar-refractivity contribution in [2.24, 2.45) is 0 Å². The van der Waals surface area contributed by atoms with E-state index in [1.54, 1.807) is 0 Å². The number of carbonyl (C=O) groups is 1. The summed E-state index contributed by atoms with van der Waals surface area (Å²) in [5, 5.41) is 3.11. The molecule has 1 aromatic rings. The lowest BCUT2D eigenvalue weighted by molar-refractivity contribution is -0.118. The van der Waals surface area contributed by atoms with Crippen LogP contribution in [0.4, 0.5) is 5.69 Å². The van der Waals surface area contributed by atoms with Crippen molar-refractivity contribution in [2.75, 3.05) is 25.0 Å². The van der Waals surface area contributed by atoms with E-state index in [0.29, 0.717) is 6.42 Å². The minimum atomic E-state index is 0.259. The predicted molar refractivity (Wildman–Crippen MR) is 82.1 cm³/mol. The van der Waals surface area contributed by atoms with Crippen molar-refractivity contribution in [3.05, 3.63) is 29.8 Å². The number of carbonyl (C=O) groups excluding carboxylic acids is 1. The molecule has 0 bridgehead atoms. The molecule has 1 heterocycles. The topological polar surface area (TPSA) is 32.3 Å². The van der Waals surface area contributed by atoms with Crippen molar-refractivity contribution in [2.45, 2.75) is 43.9 Å². The van der Waals surface area contributed by atoms with E-state index < -0.39 is 0 Å². The van der Waals surface area contributed by atoms with Gasteiger partial charge in [0.25, 0.3) is 0 Å². The summed E-state index contributed by atoms with van der Waals surface area (Å²) in [6, 6.07) is 8.54. The monoisotopic (exact) mass is 272 g/mol. The molecular weight excluding hydrogens is 248 g/mol. The molecule has 2 aliphatic rings. The molecule has 1 aromatic carbocycles. The molecule has 1 aliphatic carbocycles. The van der Waals surface area contributed by atoms with Crippen molar-refractivity contribution in [1.82, 2.24) is 5.32 Å². The number of para-hydroxylation sites is 1. The number of hydrogen-bond acceptors (Lipinski definition) is 2. The highest BCUT2D eigenvalue weighted by atomic mass is 16.2. The quantitative estimate of drug-likeness (QED) is 0.855. The first-order valence-electron chi connectivity index (χ1n) is 7.81. The van der Waals surface area contributed by atoms with Gasteiger partial charge >= 0.3 is 0 Å². The van der Waals surface area contributed by atoms with Crippen LogP contribution in [-0.2, 0) is 10.2 Å². The largest absolute Gasteiger partial charge is 0.320 e. The van der Waals surface area contributed by atoms with Crippen LogP contribution in [-0.4, -0.2) is 26.0 Å². The molecule has 0 radical (unpaired) electrons. The summed E-state index contributed by atoms with van der Waals surface area (Å²) in [5.74, 6) is 0.288. The van der Waals surface area contributed by atoms with Gasteiger partial charge in [-0.2, -0.15) is 0 Å². The number of benzene rings is 1. The van der Waals surface area contributed by atoms with E-state index in [1.165, 1.54) is 36.9 Å². The van der Waals surface area contributed by atoms with Crippen LogP contribution in [0.2, 0.25) is 0 Å². The van der Waals surface area contributed by atoms with Crippen molar-refractivity contribution in [3.8, 4) is 0 Å². The summed E-state index contributed by atoms with van der Waals surface area (Å²) in [7, 11) is 1.93. The van der Waals surface area contributed by atoms with Crippen LogP contribution in [0.25, 0.3) is 0 Å². The zero-order valence-corrected chi connectivity index (χ0v) is 12.3. The molecule has 3 rings (SSSR count). The molecule has 1 fully saturated rings. The lowest BCUT2D eigenvalue weighted by Gasteiger charge is -2.24. The first kappa shape index (κ1) is 13.6. The molecule has 1 amide bonds. The zero-order valence-electron chi connectivity index (χ0n) is 12.3. The second kappa shape index (κ2) is 5.57. The summed E-state index contributed by atoms with van der Waals surface area (Å²) in [4.78, 5) is 14.6. The number of hydrogen-bond donors (Lipinski definition) is 1. The van der Waals surface area contributed by atoms with Crippen molar-refractivity contribution >= 4 is 11.6 Å². The Morgan fingerprint density at radius 2 is 2.05 bits per heavy atom. The van der Waals surface area contributed by atoms with Gasteiger partial charge in [-0.1, -0.05) is 31.0 Å². The smallest absolute Gasteiger partial charge is 0.227 e. The van der Waals surface area contributed by atoms with Gasteiger partial charge in [0.05, 0.1) is 0 Å². The number of amides is 1. The van der Waals surface area contributed by atoms with Gasteiger partial charge in [0.1, 0.15) is 0 Å². The van der Waals surface area contributed by atoms with Crippen LogP contribution in [0, 0.1) is 0 Å². The molecule has 0 unspecified atom stereocenters. The Balaban J connectivity index is 1.82. The van der Waals surface area contributed by atoms with Gasteiger partial charge in [-0.25, -0.2) is 0 Å². The van der Waals surface area contributed by atoms with Crippen LogP contribution in [0.5, 0.6) is 0 Å². The maximum Gasteiger partial charge on any atom is 0.227 e. The molecule has 0 aromatic heterocycles. The summed E-state index contributed by atoms with van der Waals surface area (Å²) >= 11 is 0. The second-order valence-corrected chi connectivity index (χ2v) is 6.19. The summed E-state index contributed by atoms with van der Waals surface area (Å²) < 4.78 is 0. The highest BCUT2D eigenvalue weighted by molar-refractivity contribution is 5.96. The lowest BCUT2D eigenvalue weighted by Crippen LogP contribution is -2.35. The molecule has 1 spiro atoms. The summed E-state index contributed by atoms with van der Waals surface area (Å²) in [6.07, 6.45) is 6.65. The van der Waals surface area contributed by atoms with Gasteiger partial charge < -0.3 is 10.2 Å². The molecular formula is C17H24N2O. The van der Waals surface area contributed by atoms with Crippen LogP contribution in [0.1, 0.15) is 44.1 Å². The van der Waals surface area contributed by atoms with E-state index in [-0.39, 0.29) is 11.3 Å². The number of fused-ring (bicyclic) bond motifs is 2. The third kappa shape index (κ3) is 2.24. The number of anilines is 1. The van der Waals surface area contributed by atoms with Gasteiger partial charge in [0, 0.05) is 24.1 Å². The Labute approximate surface area is 121 Å². The SMILES string of the molecule is CNCCCC(=O)N1CC2(CCCC2)c2ccccc21. The molecule has 1 aliphatic heterocycles. The fraction of sp³-hybridized carbons (Fsp3) is 0.588. The van der Waals surface area contributed by atoms with Crippen molar-refractivity contribution in [1.29, 1.82) is 0 Å². The van der Waals surface area contributed by atoms with Crippen molar-refractivity contribution in [3.63, 3.8) is 0 Å².